The molecule has 0 saturated carbocycles. The van der Waals surface area contributed by atoms with E-state index in [9.17, 15) is 8.42 Å². The Morgan fingerprint density at radius 2 is 1.85 bits per heavy atom. The third kappa shape index (κ3) is 3.85. The van der Waals surface area contributed by atoms with Crippen LogP contribution in [0.5, 0.6) is 0 Å². The molecule has 2 heterocycles. The summed E-state index contributed by atoms with van der Waals surface area (Å²) in [4.78, 5) is 4.21. The Labute approximate surface area is 152 Å². The van der Waals surface area contributed by atoms with Crippen LogP contribution < -0.4 is 10.0 Å². The minimum absolute atomic E-state index is 0.0426. The zero-order chi connectivity index (χ0) is 18.7. The van der Waals surface area contributed by atoms with Crippen LogP contribution >= 0.6 is 0 Å². The molecule has 3 rings (SSSR count). The normalized spacial score (nSPS) is 11.3. The molecule has 0 atom stereocenters. The van der Waals surface area contributed by atoms with Crippen molar-refractivity contribution in [2.45, 2.75) is 32.2 Å². The number of nitrogens with zero attached hydrogens (tertiary/aromatic N) is 2. The minimum Gasteiger partial charge on any atom is -0.380 e. The minimum atomic E-state index is -3.79. The van der Waals surface area contributed by atoms with E-state index < -0.39 is 10.0 Å². The van der Waals surface area contributed by atoms with E-state index in [0.717, 1.165) is 5.69 Å². The lowest BCUT2D eigenvalue weighted by molar-refractivity contribution is 0.390. The summed E-state index contributed by atoms with van der Waals surface area (Å²) in [7, 11) is -3.79. The summed E-state index contributed by atoms with van der Waals surface area (Å²) in [5, 5.41) is 6.95. The van der Waals surface area contributed by atoms with Gasteiger partial charge in [0.05, 0.1) is 11.9 Å². The molecular formula is C18H20N4O3S. The first-order valence-corrected chi connectivity index (χ1v) is 9.55. The highest BCUT2D eigenvalue weighted by Gasteiger charge is 2.24. The average Bonchev–Trinajstić information content (AvgIpc) is 2.94. The van der Waals surface area contributed by atoms with E-state index in [1.165, 1.54) is 11.1 Å². The standard InChI is InChI=1S/C18H20N4O3S/c1-12-6-4-5-7-15(12)10-19-16-8-9-17(20-11-16)22-26(23,24)18-13(2)21-25-14(18)3/h4-9,11,19H,10H2,1-3H3,(H,20,22). The van der Waals surface area contributed by atoms with E-state index in [4.69, 9.17) is 4.52 Å². The fourth-order valence-corrected chi connectivity index (χ4v) is 3.95. The van der Waals surface area contributed by atoms with Gasteiger partial charge in [0, 0.05) is 6.54 Å². The quantitative estimate of drug-likeness (QED) is 0.688. The van der Waals surface area contributed by atoms with Gasteiger partial charge in [0.25, 0.3) is 10.0 Å². The predicted molar refractivity (Wildman–Crippen MR) is 99.5 cm³/mol. The van der Waals surface area contributed by atoms with Gasteiger partial charge in [0.15, 0.2) is 10.7 Å². The number of benzene rings is 1. The lowest BCUT2D eigenvalue weighted by Gasteiger charge is -2.10. The Balaban J connectivity index is 1.69. The van der Waals surface area contributed by atoms with Crippen molar-refractivity contribution in [1.82, 2.24) is 10.1 Å². The summed E-state index contributed by atoms with van der Waals surface area (Å²) in [6.45, 7) is 5.86. The van der Waals surface area contributed by atoms with Crippen molar-refractivity contribution in [2.75, 3.05) is 10.0 Å². The Hall–Kier alpha value is -2.87. The van der Waals surface area contributed by atoms with Crippen LogP contribution in [0.1, 0.15) is 22.6 Å². The Kier molecular flexibility index (Phi) is 4.94. The molecule has 0 radical (unpaired) electrons. The van der Waals surface area contributed by atoms with Gasteiger partial charge in [-0.1, -0.05) is 29.4 Å². The van der Waals surface area contributed by atoms with Gasteiger partial charge in [-0.05, 0) is 44.0 Å². The third-order valence-electron chi connectivity index (χ3n) is 3.98. The number of rotatable bonds is 6. The van der Waals surface area contributed by atoms with Crippen molar-refractivity contribution in [3.8, 4) is 0 Å². The number of pyridine rings is 1. The third-order valence-corrected chi connectivity index (χ3v) is 5.58. The van der Waals surface area contributed by atoms with Gasteiger partial charge in [0.1, 0.15) is 11.5 Å². The van der Waals surface area contributed by atoms with Crippen molar-refractivity contribution in [3.63, 3.8) is 0 Å². The summed E-state index contributed by atoms with van der Waals surface area (Å²) >= 11 is 0. The van der Waals surface area contributed by atoms with Crippen molar-refractivity contribution in [2.24, 2.45) is 0 Å². The van der Waals surface area contributed by atoms with Crippen LogP contribution in [0.2, 0.25) is 0 Å². The second-order valence-electron chi connectivity index (χ2n) is 5.97. The van der Waals surface area contributed by atoms with Crippen LogP contribution in [0.15, 0.2) is 52.0 Å². The van der Waals surface area contributed by atoms with E-state index >= 15 is 0 Å². The first kappa shape index (κ1) is 17.9. The van der Waals surface area contributed by atoms with Crippen molar-refractivity contribution in [1.29, 1.82) is 0 Å². The highest BCUT2D eigenvalue weighted by molar-refractivity contribution is 7.92. The summed E-state index contributed by atoms with van der Waals surface area (Å²) < 4.78 is 32.3. The fourth-order valence-electron chi connectivity index (χ4n) is 2.61. The Morgan fingerprint density at radius 1 is 1.08 bits per heavy atom. The van der Waals surface area contributed by atoms with Crippen molar-refractivity contribution in [3.05, 3.63) is 65.2 Å². The molecule has 0 unspecified atom stereocenters. The van der Waals surface area contributed by atoms with E-state index in [1.54, 1.807) is 32.2 Å². The van der Waals surface area contributed by atoms with Gasteiger partial charge >= 0.3 is 0 Å². The number of aromatic nitrogens is 2. The number of sulfonamides is 1. The zero-order valence-electron chi connectivity index (χ0n) is 14.8. The van der Waals surface area contributed by atoms with Gasteiger partial charge in [-0.2, -0.15) is 0 Å². The second-order valence-corrected chi connectivity index (χ2v) is 7.59. The first-order chi connectivity index (χ1) is 12.4. The SMILES string of the molecule is Cc1ccccc1CNc1ccc(NS(=O)(=O)c2c(C)noc2C)nc1. The van der Waals surface area contributed by atoms with Crippen LogP contribution in [0.25, 0.3) is 0 Å². The lowest BCUT2D eigenvalue weighted by atomic mass is 10.1. The highest BCUT2D eigenvalue weighted by Crippen LogP contribution is 2.22. The van der Waals surface area contributed by atoms with Gasteiger partial charge in [-0.25, -0.2) is 13.4 Å². The fraction of sp³-hybridized carbons (Fsp3) is 0.222. The molecule has 3 aromatic rings. The van der Waals surface area contributed by atoms with Crippen molar-refractivity contribution < 1.29 is 12.9 Å². The molecule has 2 N–H and O–H groups in total. The molecule has 0 fully saturated rings. The molecule has 26 heavy (non-hydrogen) atoms. The maximum absolute atomic E-state index is 12.5. The maximum Gasteiger partial charge on any atom is 0.268 e. The molecule has 0 aliphatic carbocycles. The molecule has 0 spiro atoms. The topological polar surface area (TPSA) is 97.1 Å². The van der Waals surface area contributed by atoms with E-state index in [-0.39, 0.29) is 16.5 Å². The first-order valence-electron chi connectivity index (χ1n) is 8.07. The monoisotopic (exact) mass is 372 g/mol. The van der Waals surface area contributed by atoms with Gasteiger partial charge in [0.2, 0.25) is 0 Å². The molecular weight excluding hydrogens is 352 g/mol. The number of hydrogen-bond donors (Lipinski definition) is 2. The molecule has 0 saturated heterocycles. The smallest absolute Gasteiger partial charge is 0.268 e. The van der Waals surface area contributed by atoms with Crippen LogP contribution in [0.4, 0.5) is 11.5 Å². The Morgan fingerprint density at radius 3 is 2.46 bits per heavy atom. The molecule has 0 aliphatic rings. The molecule has 0 amide bonds. The molecule has 0 bridgehead atoms. The van der Waals surface area contributed by atoms with Gasteiger partial charge in [-0.3, -0.25) is 4.72 Å². The predicted octanol–water partition coefficient (Wildman–Crippen LogP) is 3.41. The number of aryl methyl sites for hydroxylation is 3. The average molecular weight is 372 g/mol. The van der Waals surface area contributed by atoms with E-state index in [1.807, 2.05) is 12.1 Å². The van der Waals surface area contributed by atoms with E-state index in [0.29, 0.717) is 12.2 Å². The van der Waals surface area contributed by atoms with Crippen LogP contribution in [0.3, 0.4) is 0 Å². The molecule has 1 aromatic carbocycles. The molecule has 136 valence electrons. The van der Waals surface area contributed by atoms with Crippen LogP contribution in [0, 0.1) is 20.8 Å². The van der Waals surface area contributed by atoms with Crippen LogP contribution in [-0.2, 0) is 16.6 Å². The summed E-state index contributed by atoms with van der Waals surface area (Å²) in [6, 6.07) is 11.5. The molecule has 7 nitrogen and oxygen atoms in total. The van der Waals surface area contributed by atoms with Gasteiger partial charge in [-0.15, -0.1) is 0 Å². The number of hydrogen-bond acceptors (Lipinski definition) is 6. The molecule has 2 aromatic heterocycles. The van der Waals surface area contributed by atoms with Crippen molar-refractivity contribution >= 4 is 21.5 Å². The summed E-state index contributed by atoms with van der Waals surface area (Å²) in [6.07, 6.45) is 1.59. The summed E-state index contributed by atoms with van der Waals surface area (Å²) in [5.41, 5.74) is 3.51. The van der Waals surface area contributed by atoms with Crippen LogP contribution in [-0.4, -0.2) is 18.6 Å². The highest BCUT2D eigenvalue weighted by atomic mass is 32.2. The zero-order valence-corrected chi connectivity index (χ0v) is 15.6. The summed E-state index contributed by atoms with van der Waals surface area (Å²) in [5.74, 6) is 0.470. The van der Waals surface area contributed by atoms with Gasteiger partial charge < -0.3 is 9.84 Å². The number of anilines is 2. The Bertz CT molecular complexity index is 992. The second kappa shape index (κ2) is 7.17. The largest absolute Gasteiger partial charge is 0.380 e. The molecule has 0 aliphatic heterocycles. The van der Waals surface area contributed by atoms with E-state index in [2.05, 4.69) is 39.2 Å². The lowest BCUT2D eigenvalue weighted by Crippen LogP contribution is -2.15. The maximum atomic E-state index is 12.5. The number of nitrogens with one attached hydrogen (secondary N) is 2. The molecule has 8 heteroatoms.